The van der Waals surface area contributed by atoms with Crippen molar-refractivity contribution >= 4 is 22.6 Å². The van der Waals surface area contributed by atoms with Crippen LogP contribution < -0.4 is 0 Å². The number of nitrogens with zero attached hydrogens (tertiary/aromatic N) is 2. The first kappa shape index (κ1) is 15.0. The van der Waals surface area contributed by atoms with E-state index in [9.17, 15) is 4.39 Å². The van der Waals surface area contributed by atoms with Crippen molar-refractivity contribution in [3.05, 3.63) is 64.7 Å². The van der Waals surface area contributed by atoms with Gasteiger partial charge in [-0.15, -0.1) is 0 Å². The second-order valence-corrected chi connectivity index (χ2v) is 5.83. The summed E-state index contributed by atoms with van der Waals surface area (Å²) in [6, 6.07) is 11.5. The fourth-order valence-electron chi connectivity index (χ4n) is 2.67. The maximum Gasteiger partial charge on any atom is 0.187 e. The maximum absolute atomic E-state index is 15.0. The first-order valence-electron chi connectivity index (χ1n) is 7.05. The second kappa shape index (κ2) is 5.69. The molecular formula is C17H15ClF2N2. The van der Waals surface area contributed by atoms with Gasteiger partial charge in [-0.05, 0) is 38.1 Å². The summed E-state index contributed by atoms with van der Waals surface area (Å²) in [6.45, 7) is 3.88. The Morgan fingerprint density at radius 3 is 2.50 bits per heavy atom. The number of hydrogen-bond donors (Lipinski definition) is 0. The molecule has 1 unspecified atom stereocenters. The van der Waals surface area contributed by atoms with Crippen LogP contribution in [-0.4, -0.2) is 9.55 Å². The molecule has 2 aromatic carbocycles. The summed E-state index contributed by atoms with van der Waals surface area (Å²) in [4.78, 5) is 4.36. The molecule has 0 saturated carbocycles. The molecule has 0 aliphatic rings. The lowest BCUT2D eigenvalue weighted by molar-refractivity contribution is 0.354. The number of para-hydroxylation sites is 2. The van der Waals surface area contributed by atoms with E-state index >= 15 is 4.39 Å². The smallest absolute Gasteiger partial charge is 0.187 e. The Balaban J connectivity index is 2.23. The summed E-state index contributed by atoms with van der Waals surface area (Å²) in [6.07, 6.45) is -1.72. The summed E-state index contributed by atoms with van der Waals surface area (Å²) in [5, 5.41) is 0.0647. The number of benzene rings is 2. The molecule has 2 nitrogen and oxygen atoms in total. The Morgan fingerprint density at radius 1 is 1.09 bits per heavy atom. The van der Waals surface area contributed by atoms with E-state index in [1.54, 1.807) is 4.57 Å². The molecule has 0 N–H and O–H groups in total. The van der Waals surface area contributed by atoms with Crippen LogP contribution >= 0.6 is 11.6 Å². The molecule has 22 heavy (non-hydrogen) atoms. The van der Waals surface area contributed by atoms with Gasteiger partial charge in [0.15, 0.2) is 6.17 Å². The first-order chi connectivity index (χ1) is 10.5. The van der Waals surface area contributed by atoms with Crippen LogP contribution in [0.4, 0.5) is 8.78 Å². The topological polar surface area (TPSA) is 17.8 Å². The minimum absolute atomic E-state index is 0.00815. The zero-order valence-electron chi connectivity index (χ0n) is 12.2. The van der Waals surface area contributed by atoms with Gasteiger partial charge in [0.25, 0.3) is 0 Å². The molecule has 0 saturated heterocycles. The first-order valence-corrected chi connectivity index (χ1v) is 7.43. The molecule has 1 aromatic heterocycles. The van der Waals surface area contributed by atoms with Crippen molar-refractivity contribution in [3.63, 3.8) is 0 Å². The zero-order chi connectivity index (χ0) is 15.9. The monoisotopic (exact) mass is 320 g/mol. The van der Waals surface area contributed by atoms with Crippen LogP contribution in [0.15, 0.2) is 42.5 Å². The third-order valence-corrected chi connectivity index (χ3v) is 3.95. The Hall–Kier alpha value is -1.94. The average molecular weight is 321 g/mol. The standard InChI is InChI=1S/C17H15ClF2N2/c1-10(2)22-14-9-4-3-8-13(14)21-17(22)16(20)15-11(18)6-5-7-12(15)19/h3-10,16H,1-2H3. The van der Waals surface area contributed by atoms with Gasteiger partial charge in [-0.2, -0.15) is 0 Å². The molecule has 0 aliphatic heterocycles. The molecule has 114 valence electrons. The predicted octanol–water partition coefficient (Wildman–Crippen LogP) is 5.47. The fourth-order valence-corrected chi connectivity index (χ4v) is 2.93. The highest BCUT2D eigenvalue weighted by molar-refractivity contribution is 6.31. The van der Waals surface area contributed by atoms with Gasteiger partial charge in [-0.25, -0.2) is 13.8 Å². The van der Waals surface area contributed by atoms with Crippen LogP contribution in [0.2, 0.25) is 5.02 Å². The van der Waals surface area contributed by atoms with E-state index < -0.39 is 12.0 Å². The molecule has 1 atom stereocenters. The van der Waals surface area contributed by atoms with Gasteiger partial charge in [0, 0.05) is 11.6 Å². The number of rotatable bonds is 3. The van der Waals surface area contributed by atoms with Gasteiger partial charge in [0.1, 0.15) is 11.6 Å². The SMILES string of the molecule is CC(C)n1c(C(F)c2c(F)cccc2Cl)nc2ccccc21. The van der Waals surface area contributed by atoms with Crippen molar-refractivity contribution in [2.45, 2.75) is 26.1 Å². The predicted molar refractivity (Wildman–Crippen MR) is 84.5 cm³/mol. The molecular weight excluding hydrogens is 306 g/mol. The molecule has 3 aromatic rings. The Bertz CT molecular complexity index is 806. The fraction of sp³-hybridized carbons (Fsp3) is 0.235. The van der Waals surface area contributed by atoms with Crippen molar-refractivity contribution in [2.24, 2.45) is 0 Å². The maximum atomic E-state index is 15.0. The number of imidazole rings is 1. The van der Waals surface area contributed by atoms with Crippen LogP contribution in [-0.2, 0) is 0 Å². The largest absolute Gasteiger partial charge is 0.323 e. The van der Waals surface area contributed by atoms with E-state index in [1.807, 2.05) is 38.1 Å². The van der Waals surface area contributed by atoms with Gasteiger partial charge in [-0.3, -0.25) is 0 Å². The van der Waals surface area contributed by atoms with Gasteiger partial charge < -0.3 is 4.57 Å². The van der Waals surface area contributed by atoms with Crippen molar-refractivity contribution in [1.82, 2.24) is 9.55 Å². The third-order valence-electron chi connectivity index (χ3n) is 3.62. The van der Waals surface area contributed by atoms with Crippen LogP contribution in [0.3, 0.4) is 0 Å². The minimum Gasteiger partial charge on any atom is -0.323 e. The number of aromatic nitrogens is 2. The van der Waals surface area contributed by atoms with Crippen LogP contribution in [0.5, 0.6) is 0 Å². The lowest BCUT2D eigenvalue weighted by atomic mass is 10.1. The lowest BCUT2D eigenvalue weighted by Crippen LogP contribution is -2.11. The van der Waals surface area contributed by atoms with Crippen molar-refractivity contribution < 1.29 is 8.78 Å². The Kier molecular flexibility index (Phi) is 3.87. The minimum atomic E-state index is -1.72. The summed E-state index contributed by atoms with van der Waals surface area (Å²) >= 11 is 5.99. The molecule has 0 fully saturated rings. The van der Waals surface area contributed by atoms with Crippen molar-refractivity contribution in [3.8, 4) is 0 Å². The van der Waals surface area contributed by atoms with Crippen LogP contribution in [0.25, 0.3) is 11.0 Å². The zero-order valence-corrected chi connectivity index (χ0v) is 13.0. The summed E-state index contributed by atoms with van der Waals surface area (Å²) in [5.41, 5.74) is 1.34. The van der Waals surface area contributed by atoms with Crippen LogP contribution in [0.1, 0.15) is 37.4 Å². The van der Waals surface area contributed by atoms with Crippen LogP contribution in [0, 0.1) is 5.82 Å². The van der Waals surface area contributed by atoms with E-state index in [4.69, 9.17) is 11.6 Å². The van der Waals surface area contributed by atoms with Crippen molar-refractivity contribution in [2.75, 3.05) is 0 Å². The number of hydrogen-bond acceptors (Lipinski definition) is 1. The van der Waals surface area contributed by atoms with Gasteiger partial charge in [0.05, 0.1) is 16.1 Å². The highest BCUT2D eigenvalue weighted by atomic mass is 35.5. The van der Waals surface area contributed by atoms with Gasteiger partial charge in [0.2, 0.25) is 0 Å². The quantitative estimate of drug-likeness (QED) is 0.626. The Labute approximate surface area is 132 Å². The van der Waals surface area contributed by atoms with E-state index in [2.05, 4.69) is 4.98 Å². The molecule has 5 heteroatoms. The normalized spacial score (nSPS) is 13.0. The third kappa shape index (κ3) is 2.37. The molecule has 1 heterocycles. The average Bonchev–Trinajstić information content (AvgIpc) is 2.86. The highest BCUT2D eigenvalue weighted by Crippen LogP contribution is 2.35. The summed E-state index contributed by atoms with van der Waals surface area (Å²) < 4.78 is 30.8. The van der Waals surface area contributed by atoms with E-state index in [-0.39, 0.29) is 22.5 Å². The van der Waals surface area contributed by atoms with E-state index in [1.165, 1.54) is 18.2 Å². The molecule has 0 radical (unpaired) electrons. The number of fused-ring (bicyclic) bond motifs is 1. The van der Waals surface area contributed by atoms with E-state index in [0.29, 0.717) is 5.52 Å². The Morgan fingerprint density at radius 2 is 1.82 bits per heavy atom. The second-order valence-electron chi connectivity index (χ2n) is 5.42. The molecule has 0 bridgehead atoms. The number of alkyl halides is 1. The molecule has 0 spiro atoms. The molecule has 0 amide bonds. The summed E-state index contributed by atoms with van der Waals surface area (Å²) in [5.74, 6) is -0.495. The summed E-state index contributed by atoms with van der Waals surface area (Å²) in [7, 11) is 0. The van der Waals surface area contributed by atoms with Gasteiger partial charge >= 0.3 is 0 Å². The van der Waals surface area contributed by atoms with Gasteiger partial charge in [-0.1, -0.05) is 29.8 Å². The highest BCUT2D eigenvalue weighted by Gasteiger charge is 2.27. The lowest BCUT2D eigenvalue weighted by Gasteiger charge is -2.17. The molecule has 3 rings (SSSR count). The van der Waals surface area contributed by atoms with Crippen molar-refractivity contribution in [1.29, 1.82) is 0 Å². The molecule has 0 aliphatic carbocycles. The number of halogens is 3. The van der Waals surface area contributed by atoms with E-state index in [0.717, 1.165) is 5.52 Å².